The Labute approximate surface area is 161 Å². The van der Waals surface area contributed by atoms with Gasteiger partial charge in [0.05, 0.1) is 12.0 Å². The van der Waals surface area contributed by atoms with Gasteiger partial charge in [-0.2, -0.15) is 0 Å². The molecule has 1 saturated carbocycles. The van der Waals surface area contributed by atoms with E-state index in [1.165, 1.54) is 16.8 Å². The zero-order chi connectivity index (χ0) is 18.2. The number of hydrogen-bond acceptors (Lipinski definition) is 3. The lowest BCUT2D eigenvalue weighted by atomic mass is 9.83. The smallest absolute Gasteiger partial charge is 0.225 e. The van der Waals surface area contributed by atoms with E-state index in [9.17, 15) is 4.79 Å². The van der Waals surface area contributed by atoms with Gasteiger partial charge in [-0.1, -0.05) is 48.5 Å². The molecule has 1 aliphatic carbocycles. The maximum Gasteiger partial charge on any atom is 0.225 e. The molecule has 2 atom stereocenters. The predicted molar refractivity (Wildman–Crippen MR) is 108 cm³/mol. The molecule has 0 bridgehead atoms. The average molecular weight is 361 g/mol. The zero-order valence-corrected chi connectivity index (χ0v) is 15.7. The molecule has 4 heteroatoms. The minimum absolute atomic E-state index is 0.0408. The monoisotopic (exact) mass is 361 g/mol. The second-order valence-corrected chi connectivity index (χ2v) is 8.20. The Morgan fingerprint density at radius 1 is 1.00 bits per heavy atom. The number of rotatable bonds is 4. The van der Waals surface area contributed by atoms with Crippen molar-refractivity contribution < 1.29 is 4.79 Å². The van der Waals surface area contributed by atoms with Crippen molar-refractivity contribution in [3.63, 3.8) is 0 Å². The summed E-state index contributed by atoms with van der Waals surface area (Å²) in [6.45, 7) is 3.94. The van der Waals surface area contributed by atoms with Crippen LogP contribution in [0.2, 0.25) is 0 Å². The quantitative estimate of drug-likeness (QED) is 0.910. The molecule has 3 aliphatic rings. The van der Waals surface area contributed by atoms with E-state index < -0.39 is 0 Å². The number of amides is 1. The molecule has 2 fully saturated rings. The molecule has 0 aromatic heterocycles. The molecule has 2 aromatic carbocycles. The van der Waals surface area contributed by atoms with Gasteiger partial charge in [0.25, 0.3) is 0 Å². The van der Waals surface area contributed by atoms with Gasteiger partial charge in [-0.05, 0) is 36.5 Å². The summed E-state index contributed by atoms with van der Waals surface area (Å²) in [6.07, 6.45) is 3.14. The minimum Gasteiger partial charge on any atom is -0.365 e. The molecule has 4 nitrogen and oxygen atoms in total. The topological polar surface area (TPSA) is 35.6 Å². The SMILES string of the molecule is O=C(NC1CC1)C1Cc2ccccc2N2CCN(Cc3ccccc3)CC12. The van der Waals surface area contributed by atoms with Gasteiger partial charge in [0.2, 0.25) is 5.91 Å². The number of anilines is 1. The molecular weight excluding hydrogens is 334 g/mol. The molecule has 1 saturated heterocycles. The summed E-state index contributed by atoms with van der Waals surface area (Å²) in [5.41, 5.74) is 4.00. The van der Waals surface area contributed by atoms with Gasteiger partial charge < -0.3 is 10.2 Å². The van der Waals surface area contributed by atoms with Crippen LogP contribution in [0.3, 0.4) is 0 Å². The first-order valence-corrected chi connectivity index (χ1v) is 10.2. The fourth-order valence-corrected chi connectivity index (χ4v) is 4.64. The maximum absolute atomic E-state index is 13.0. The highest BCUT2D eigenvalue weighted by atomic mass is 16.2. The fraction of sp³-hybridized carbons (Fsp3) is 0.435. The molecule has 140 valence electrons. The van der Waals surface area contributed by atoms with Gasteiger partial charge in [0.1, 0.15) is 0 Å². The Morgan fingerprint density at radius 2 is 1.78 bits per heavy atom. The van der Waals surface area contributed by atoms with E-state index in [-0.39, 0.29) is 17.9 Å². The second kappa shape index (κ2) is 7.01. The molecule has 1 amide bonds. The molecule has 2 heterocycles. The van der Waals surface area contributed by atoms with Crippen LogP contribution in [-0.2, 0) is 17.8 Å². The molecular formula is C23H27N3O. The maximum atomic E-state index is 13.0. The van der Waals surface area contributed by atoms with Crippen molar-refractivity contribution in [3.05, 3.63) is 65.7 Å². The number of fused-ring (bicyclic) bond motifs is 3. The van der Waals surface area contributed by atoms with Crippen molar-refractivity contribution in [3.8, 4) is 0 Å². The van der Waals surface area contributed by atoms with E-state index in [1.807, 2.05) is 0 Å². The summed E-state index contributed by atoms with van der Waals surface area (Å²) in [5, 5.41) is 3.27. The first-order chi connectivity index (χ1) is 13.3. The van der Waals surface area contributed by atoms with Gasteiger partial charge in [-0.15, -0.1) is 0 Å². The number of piperazine rings is 1. The fourth-order valence-electron chi connectivity index (χ4n) is 4.64. The molecule has 5 rings (SSSR count). The third-order valence-electron chi connectivity index (χ3n) is 6.22. The molecule has 2 aromatic rings. The predicted octanol–water partition coefficient (Wildman–Crippen LogP) is 2.83. The van der Waals surface area contributed by atoms with Crippen LogP contribution >= 0.6 is 0 Å². The van der Waals surface area contributed by atoms with Crippen LogP contribution in [0.1, 0.15) is 24.0 Å². The van der Waals surface area contributed by atoms with E-state index in [2.05, 4.69) is 69.7 Å². The summed E-state index contributed by atoms with van der Waals surface area (Å²) >= 11 is 0. The van der Waals surface area contributed by atoms with Gasteiger partial charge >= 0.3 is 0 Å². The largest absolute Gasteiger partial charge is 0.365 e. The molecule has 0 radical (unpaired) electrons. The summed E-state index contributed by atoms with van der Waals surface area (Å²) in [7, 11) is 0. The number of carbonyl (C=O) groups excluding carboxylic acids is 1. The van der Waals surface area contributed by atoms with Crippen LogP contribution in [0.25, 0.3) is 0 Å². The first kappa shape index (κ1) is 16.8. The van der Waals surface area contributed by atoms with Crippen LogP contribution in [0.5, 0.6) is 0 Å². The Kier molecular flexibility index (Phi) is 4.36. The van der Waals surface area contributed by atoms with Gasteiger partial charge in [0.15, 0.2) is 0 Å². The van der Waals surface area contributed by atoms with Crippen LogP contribution < -0.4 is 10.2 Å². The standard InChI is InChI=1S/C23H27N3O/c27-23(24-19-10-11-19)20-14-18-8-4-5-9-21(18)26-13-12-25(16-22(20)26)15-17-6-2-1-3-7-17/h1-9,19-20,22H,10-16H2,(H,24,27). The van der Waals surface area contributed by atoms with Crippen LogP contribution in [0.15, 0.2) is 54.6 Å². The van der Waals surface area contributed by atoms with E-state index in [0.29, 0.717) is 6.04 Å². The molecule has 0 spiro atoms. The lowest BCUT2D eigenvalue weighted by Gasteiger charge is -2.49. The number of nitrogens with zero attached hydrogens (tertiary/aromatic N) is 2. The Hall–Kier alpha value is -2.33. The summed E-state index contributed by atoms with van der Waals surface area (Å²) in [6, 6.07) is 20.0. The highest BCUT2D eigenvalue weighted by Gasteiger charge is 2.42. The minimum atomic E-state index is 0.0408. The van der Waals surface area contributed by atoms with E-state index >= 15 is 0 Å². The number of benzene rings is 2. The average Bonchev–Trinajstić information content (AvgIpc) is 3.52. The van der Waals surface area contributed by atoms with Gasteiger partial charge in [-0.25, -0.2) is 0 Å². The Balaban J connectivity index is 1.39. The highest BCUT2D eigenvalue weighted by Crippen LogP contribution is 2.36. The number of nitrogens with one attached hydrogen (secondary N) is 1. The van der Waals surface area contributed by atoms with Crippen molar-refractivity contribution in [1.82, 2.24) is 10.2 Å². The summed E-state index contributed by atoms with van der Waals surface area (Å²) in [5.74, 6) is 0.294. The van der Waals surface area contributed by atoms with Crippen LogP contribution in [0.4, 0.5) is 5.69 Å². The zero-order valence-electron chi connectivity index (χ0n) is 15.7. The summed E-state index contributed by atoms with van der Waals surface area (Å²) in [4.78, 5) is 18.0. The van der Waals surface area contributed by atoms with Crippen LogP contribution in [-0.4, -0.2) is 42.5 Å². The van der Waals surface area contributed by atoms with E-state index in [1.54, 1.807) is 0 Å². The Bertz CT molecular complexity index is 817. The highest BCUT2D eigenvalue weighted by molar-refractivity contribution is 5.82. The number of hydrogen-bond donors (Lipinski definition) is 1. The lowest BCUT2D eigenvalue weighted by molar-refractivity contribution is -0.126. The number of carbonyl (C=O) groups is 1. The van der Waals surface area contributed by atoms with Gasteiger partial charge in [-0.3, -0.25) is 9.69 Å². The summed E-state index contributed by atoms with van der Waals surface area (Å²) < 4.78 is 0. The van der Waals surface area contributed by atoms with Crippen molar-refractivity contribution in [2.45, 2.75) is 37.9 Å². The van der Waals surface area contributed by atoms with Gasteiger partial charge in [0, 0.05) is 37.9 Å². The third kappa shape index (κ3) is 3.46. The normalized spacial score (nSPS) is 24.8. The number of para-hydroxylation sites is 1. The van der Waals surface area contributed by atoms with Crippen molar-refractivity contribution in [1.29, 1.82) is 0 Å². The lowest BCUT2D eigenvalue weighted by Crippen LogP contribution is -2.61. The second-order valence-electron chi connectivity index (χ2n) is 8.20. The van der Waals surface area contributed by atoms with Crippen molar-refractivity contribution >= 4 is 11.6 Å². The third-order valence-corrected chi connectivity index (χ3v) is 6.22. The van der Waals surface area contributed by atoms with Crippen LogP contribution in [0, 0.1) is 5.92 Å². The Morgan fingerprint density at radius 3 is 2.59 bits per heavy atom. The molecule has 2 aliphatic heterocycles. The van der Waals surface area contributed by atoms with E-state index in [4.69, 9.17) is 0 Å². The molecule has 27 heavy (non-hydrogen) atoms. The van der Waals surface area contributed by atoms with Crippen molar-refractivity contribution in [2.75, 3.05) is 24.5 Å². The molecule has 2 unspecified atom stereocenters. The van der Waals surface area contributed by atoms with Crippen molar-refractivity contribution in [2.24, 2.45) is 5.92 Å². The first-order valence-electron chi connectivity index (χ1n) is 10.2. The molecule has 1 N–H and O–H groups in total. The van der Waals surface area contributed by atoms with E-state index in [0.717, 1.165) is 45.4 Å².